The Morgan fingerprint density at radius 1 is 1.17 bits per heavy atom. The van der Waals surface area contributed by atoms with Crippen molar-refractivity contribution in [3.05, 3.63) is 54.0 Å². The Hall–Kier alpha value is -3.35. The van der Waals surface area contributed by atoms with Gasteiger partial charge < -0.3 is 16.5 Å². The SMILES string of the molecule is Cc1cnnc(Nc2ccc3ncc(/C(C=N)=C/N)cc3n2)c1. The van der Waals surface area contributed by atoms with Crippen LogP contribution in [0.1, 0.15) is 11.1 Å². The first kappa shape index (κ1) is 14.6. The van der Waals surface area contributed by atoms with E-state index >= 15 is 0 Å². The molecule has 0 saturated heterocycles. The number of rotatable bonds is 4. The van der Waals surface area contributed by atoms with Gasteiger partial charge >= 0.3 is 0 Å². The molecule has 3 rings (SSSR count). The Balaban J connectivity index is 1.98. The first-order valence-corrected chi connectivity index (χ1v) is 6.95. The van der Waals surface area contributed by atoms with Gasteiger partial charge in [-0.05, 0) is 36.8 Å². The van der Waals surface area contributed by atoms with Crippen molar-refractivity contribution in [3.63, 3.8) is 0 Å². The second kappa shape index (κ2) is 6.18. The van der Waals surface area contributed by atoms with Crippen LogP contribution in [0.15, 0.2) is 42.9 Å². The van der Waals surface area contributed by atoms with Gasteiger partial charge in [0.25, 0.3) is 0 Å². The van der Waals surface area contributed by atoms with Crippen LogP contribution in [0.5, 0.6) is 0 Å². The second-order valence-electron chi connectivity index (χ2n) is 4.97. The summed E-state index contributed by atoms with van der Waals surface area (Å²) in [6.07, 6.45) is 5.92. The normalized spacial score (nSPS) is 11.4. The lowest BCUT2D eigenvalue weighted by molar-refractivity contribution is 1.02. The molecule has 0 radical (unpaired) electrons. The highest BCUT2D eigenvalue weighted by molar-refractivity contribution is 6.08. The first-order chi connectivity index (χ1) is 11.2. The van der Waals surface area contributed by atoms with E-state index in [1.165, 1.54) is 12.4 Å². The molecule has 0 amide bonds. The minimum absolute atomic E-state index is 0.587. The highest BCUT2D eigenvalue weighted by Gasteiger charge is 2.05. The average molecular weight is 305 g/mol. The van der Waals surface area contributed by atoms with Crippen molar-refractivity contribution in [2.45, 2.75) is 6.92 Å². The highest BCUT2D eigenvalue weighted by atomic mass is 15.2. The molecule has 0 aliphatic heterocycles. The van der Waals surface area contributed by atoms with Crippen molar-refractivity contribution in [1.29, 1.82) is 5.41 Å². The van der Waals surface area contributed by atoms with Crippen LogP contribution in [0.25, 0.3) is 16.6 Å². The summed E-state index contributed by atoms with van der Waals surface area (Å²) in [7, 11) is 0. The lowest BCUT2D eigenvalue weighted by Crippen LogP contribution is -1.99. The number of nitrogens with zero attached hydrogens (tertiary/aromatic N) is 4. The number of aryl methyl sites for hydroxylation is 1. The maximum Gasteiger partial charge on any atom is 0.154 e. The van der Waals surface area contributed by atoms with E-state index in [2.05, 4.69) is 25.5 Å². The average Bonchev–Trinajstić information content (AvgIpc) is 2.56. The number of aromatic nitrogens is 4. The smallest absolute Gasteiger partial charge is 0.154 e. The lowest BCUT2D eigenvalue weighted by atomic mass is 10.1. The van der Waals surface area contributed by atoms with E-state index in [0.717, 1.165) is 16.6 Å². The van der Waals surface area contributed by atoms with Crippen LogP contribution in [0.4, 0.5) is 11.6 Å². The Bertz CT molecular complexity index is 902. The minimum atomic E-state index is 0.587. The molecule has 0 bridgehead atoms. The van der Waals surface area contributed by atoms with E-state index in [1.54, 1.807) is 12.4 Å². The molecule has 0 fully saturated rings. The van der Waals surface area contributed by atoms with Gasteiger partial charge in [-0.1, -0.05) is 0 Å². The number of pyridine rings is 2. The molecule has 0 aliphatic rings. The van der Waals surface area contributed by atoms with E-state index in [1.807, 2.05) is 31.2 Å². The van der Waals surface area contributed by atoms with Crippen LogP contribution in [0, 0.1) is 12.3 Å². The number of nitrogens with one attached hydrogen (secondary N) is 2. The lowest BCUT2D eigenvalue weighted by Gasteiger charge is -2.07. The number of fused-ring (bicyclic) bond motifs is 1. The molecule has 0 atom stereocenters. The summed E-state index contributed by atoms with van der Waals surface area (Å²) in [5, 5.41) is 18.4. The molecule has 3 heterocycles. The topological polar surface area (TPSA) is 113 Å². The molecule has 114 valence electrons. The molecule has 4 N–H and O–H groups in total. The van der Waals surface area contributed by atoms with Gasteiger partial charge in [-0.2, -0.15) is 5.10 Å². The quantitative estimate of drug-likeness (QED) is 0.638. The van der Waals surface area contributed by atoms with Crippen molar-refractivity contribution in [3.8, 4) is 0 Å². The third kappa shape index (κ3) is 3.13. The maximum atomic E-state index is 7.37. The zero-order chi connectivity index (χ0) is 16.2. The molecule has 7 heteroatoms. The standard InChI is InChI=1S/C16H15N7/c1-10-4-16(23-20-8-10)22-15-3-2-13-14(21-15)5-11(9-19-13)12(6-17)7-18/h2-9,17H,18H2,1H3,(H,21,22,23)/b12-7+,17-6?. The molecule has 0 spiro atoms. The van der Waals surface area contributed by atoms with Crippen molar-refractivity contribution >= 4 is 34.5 Å². The van der Waals surface area contributed by atoms with Gasteiger partial charge in [-0.25, -0.2) is 4.98 Å². The van der Waals surface area contributed by atoms with Crippen LogP contribution in [-0.4, -0.2) is 26.4 Å². The molecule has 3 aromatic heterocycles. The van der Waals surface area contributed by atoms with Gasteiger partial charge in [-0.3, -0.25) is 4.98 Å². The van der Waals surface area contributed by atoms with Crippen molar-refractivity contribution < 1.29 is 0 Å². The molecule has 0 aromatic carbocycles. The largest absolute Gasteiger partial charge is 0.404 e. The second-order valence-corrected chi connectivity index (χ2v) is 4.97. The summed E-state index contributed by atoms with van der Waals surface area (Å²) < 4.78 is 0. The number of nitrogens with two attached hydrogens (primary N) is 1. The molecule has 23 heavy (non-hydrogen) atoms. The Morgan fingerprint density at radius 2 is 2.04 bits per heavy atom. The number of allylic oxidation sites excluding steroid dienone is 1. The van der Waals surface area contributed by atoms with Gasteiger partial charge in [0.15, 0.2) is 5.82 Å². The van der Waals surface area contributed by atoms with Gasteiger partial charge in [0.05, 0.1) is 17.2 Å². The number of anilines is 2. The third-order valence-corrected chi connectivity index (χ3v) is 3.25. The minimum Gasteiger partial charge on any atom is -0.404 e. The predicted molar refractivity (Wildman–Crippen MR) is 90.5 cm³/mol. The fraction of sp³-hybridized carbons (Fsp3) is 0.0625. The van der Waals surface area contributed by atoms with Crippen LogP contribution >= 0.6 is 0 Å². The van der Waals surface area contributed by atoms with Crippen molar-refractivity contribution in [2.24, 2.45) is 5.73 Å². The predicted octanol–water partition coefficient (Wildman–Crippen LogP) is 2.42. The molecule has 0 saturated carbocycles. The van der Waals surface area contributed by atoms with Gasteiger partial charge in [0, 0.05) is 29.7 Å². The van der Waals surface area contributed by atoms with Gasteiger partial charge in [-0.15, -0.1) is 5.10 Å². The van der Waals surface area contributed by atoms with Crippen LogP contribution in [0.2, 0.25) is 0 Å². The van der Waals surface area contributed by atoms with Crippen LogP contribution in [-0.2, 0) is 0 Å². The third-order valence-electron chi connectivity index (χ3n) is 3.25. The Labute approximate surface area is 132 Å². The fourth-order valence-electron chi connectivity index (χ4n) is 2.12. The summed E-state index contributed by atoms with van der Waals surface area (Å²) in [5.41, 5.74) is 9.32. The van der Waals surface area contributed by atoms with Crippen LogP contribution in [0.3, 0.4) is 0 Å². The van der Waals surface area contributed by atoms with Gasteiger partial charge in [0.1, 0.15) is 5.82 Å². The zero-order valence-corrected chi connectivity index (χ0v) is 12.5. The van der Waals surface area contributed by atoms with E-state index in [4.69, 9.17) is 11.1 Å². The zero-order valence-electron chi connectivity index (χ0n) is 12.5. The molecule has 0 aliphatic carbocycles. The summed E-state index contributed by atoms with van der Waals surface area (Å²) in [6.45, 7) is 1.95. The monoisotopic (exact) mass is 305 g/mol. The van der Waals surface area contributed by atoms with E-state index in [9.17, 15) is 0 Å². The van der Waals surface area contributed by atoms with Crippen molar-refractivity contribution in [2.75, 3.05) is 5.32 Å². The molecular weight excluding hydrogens is 290 g/mol. The van der Waals surface area contributed by atoms with E-state index < -0.39 is 0 Å². The fourth-order valence-corrected chi connectivity index (χ4v) is 2.12. The molecule has 3 aromatic rings. The summed E-state index contributed by atoms with van der Waals surface area (Å²) in [5.74, 6) is 1.27. The van der Waals surface area contributed by atoms with Gasteiger partial charge in [0.2, 0.25) is 0 Å². The molecule has 7 nitrogen and oxygen atoms in total. The summed E-state index contributed by atoms with van der Waals surface area (Å²) in [6, 6.07) is 7.43. The Morgan fingerprint density at radius 3 is 2.78 bits per heavy atom. The van der Waals surface area contributed by atoms with Crippen molar-refractivity contribution in [1.82, 2.24) is 20.2 Å². The maximum absolute atomic E-state index is 7.37. The summed E-state index contributed by atoms with van der Waals surface area (Å²) >= 11 is 0. The van der Waals surface area contributed by atoms with E-state index in [0.29, 0.717) is 22.7 Å². The molecule has 0 unspecified atom stereocenters. The Kier molecular flexibility index (Phi) is 3.92. The number of hydrogen-bond donors (Lipinski definition) is 3. The molecular formula is C16H15N7. The van der Waals surface area contributed by atoms with Crippen LogP contribution < -0.4 is 11.1 Å². The first-order valence-electron chi connectivity index (χ1n) is 6.95. The van der Waals surface area contributed by atoms with E-state index in [-0.39, 0.29) is 0 Å². The number of hydrogen-bond acceptors (Lipinski definition) is 7. The summed E-state index contributed by atoms with van der Waals surface area (Å²) in [4.78, 5) is 8.87. The highest BCUT2D eigenvalue weighted by Crippen LogP contribution is 2.20.